The maximum atomic E-state index is 8.77. The molecule has 3 rings (SSSR count). The minimum Gasteiger partial charge on any atom is -0.491 e. The van der Waals surface area contributed by atoms with Gasteiger partial charge < -0.3 is 9.84 Å². The molecule has 0 aromatic heterocycles. The first-order valence-corrected chi connectivity index (χ1v) is 7.82. The molecule has 0 saturated carbocycles. The predicted octanol–water partition coefficient (Wildman–Crippen LogP) is 4.32. The van der Waals surface area contributed by atoms with Crippen LogP contribution in [0.25, 0.3) is 11.1 Å². The van der Waals surface area contributed by atoms with Gasteiger partial charge in [0, 0.05) is 0 Å². The van der Waals surface area contributed by atoms with Crippen molar-refractivity contribution in [2.24, 2.45) is 0 Å². The molecule has 0 bridgehead atoms. The van der Waals surface area contributed by atoms with E-state index in [9.17, 15) is 0 Å². The number of aliphatic hydroxyl groups is 1. The highest BCUT2D eigenvalue weighted by atomic mass is 16.5. The van der Waals surface area contributed by atoms with Crippen LogP contribution in [0.15, 0.2) is 78.9 Å². The predicted molar refractivity (Wildman–Crippen MR) is 93.7 cm³/mol. The lowest BCUT2D eigenvalue weighted by Gasteiger charge is -2.07. The van der Waals surface area contributed by atoms with E-state index in [1.165, 1.54) is 16.7 Å². The normalized spacial score (nSPS) is 10.5. The van der Waals surface area contributed by atoms with Gasteiger partial charge >= 0.3 is 0 Å². The Hall–Kier alpha value is -2.58. The van der Waals surface area contributed by atoms with Gasteiger partial charge in [0.05, 0.1) is 6.61 Å². The Bertz CT molecular complexity index is 716. The summed E-state index contributed by atoms with van der Waals surface area (Å²) in [4.78, 5) is 0. The van der Waals surface area contributed by atoms with Crippen molar-refractivity contribution in [1.29, 1.82) is 0 Å². The van der Waals surface area contributed by atoms with E-state index in [-0.39, 0.29) is 6.61 Å². The van der Waals surface area contributed by atoms with Crippen LogP contribution < -0.4 is 4.74 Å². The summed E-state index contributed by atoms with van der Waals surface area (Å²) in [6.07, 6.45) is 0.953. The van der Waals surface area contributed by atoms with E-state index in [2.05, 4.69) is 48.5 Å². The average molecular weight is 304 g/mol. The van der Waals surface area contributed by atoms with Gasteiger partial charge in [0.15, 0.2) is 0 Å². The number of aliphatic hydroxyl groups excluding tert-OH is 1. The molecule has 0 heterocycles. The molecular formula is C21H20O2. The van der Waals surface area contributed by atoms with Crippen molar-refractivity contribution in [3.8, 4) is 16.9 Å². The van der Waals surface area contributed by atoms with Crippen molar-refractivity contribution in [2.75, 3.05) is 13.2 Å². The zero-order chi connectivity index (χ0) is 15.9. The van der Waals surface area contributed by atoms with Crippen LogP contribution in [0, 0.1) is 0 Å². The molecule has 23 heavy (non-hydrogen) atoms. The minimum absolute atomic E-state index is 0.0324. The van der Waals surface area contributed by atoms with Crippen molar-refractivity contribution in [3.63, 3.8) is 0 Å². The Balaban J connectivity index is 1.69. The first-order chi connectivity index (χ1) is 11.3. The van der Waals surface area contributed by atoms with Crippen LogP contribution in [0.5, 0.6) is 5.75 Å². The van der Waals surface area contributed by atoms with E-state index >= 15 is 0 Å². The Labute approximate surface area is 137 Å². The van der Waals surface area contributed by atoms with Gasteiger partial charge in [0.25, 0.3) is 0 Å². The number of benzene rings is 3. The fourth-order valence-corrected chi connectivity index (χ4v) is 2.55. The zero-order valence-corrected chi connectivity index (χ0v) is 13.0. The molecule has 116 valence electrons. The van der Waals surface area contributed by atoms with Gasteiger partial charge in [0.2, 0.25) is 0 Å². The largest absolute Gasteiger partial charge is 0.491 e. The quantitative estimate of drug-likeness (QED) is 0.735. The lowest BCUT2D eigenvalue weighted by molar-refractivity contribution is 0.201. The van der Waals surface area contributed by atoms with E-state index in [4.69, 9.17) is 9.84 Å². The van der Waals surface area contributed by atoms with Crippen LogP contribution in [0.3, 0.4) is 0 Å². The molecule has 2 heteroatoms. The van der Waals surface area contributed by atoms with Crippen molar-refractivity contribution in [3.05, 3.63) is 90.0 Å². The van der Waals surface area contributed by atoms with E-state index in [0.717, 1.165) is 17.7 Å². The highest BCUT2D eigenvalue weighted by Gasteiger charge is 2.00. The number of hydrogen-bond acceptors (Lipinski definition) is 2. The molecule has 3 aromatic rings. The molecule has 0 fully saturated rings. The van der Waals surface area contributed by atoms with Crippen LogP contribution in [-0.4, -0.2) is 18.3 Å². The van der Waals surface area contributed by atoms with Crippen molar-refractivity contribution in [2.45, 2.75) is 6.42 Å². The van der Waals surface area contributed by atoms with Crippen LogP contribution in [0.2, 0.25) is 0 Å². The van der Waals surface area contributed by atoms with Gasteiger partial charge in [-0.15, -0.1) is 0 Å². The molecule has 0 spiro atoms. The smallest absolute Gasteiger partial charge is 0.119 e. The van der Waals surface area contributed by atoms with Crippen LogP contribution >= 0.6 is 0 Å². The van der Waals surface area contributed by atoms with E-state index in [1.54, 1.807) is 0 Å². The SMILES string of the molecule is OCCOc1ccc(-c2ccc(Cc3ccccc3)cc2)cc1. The summed E-state index contributed by atoms with van der Waals surface area (Å²) in [5.74, 6) is 0.781. The molecule has 1 N–H and O–H groups in total. The topological polar surface area (TPSA) is 29.5 Å². The maximum absolute atomic E-state index is 8.77. The summed E-state index contributed by atoms with van der Waals surface area (Å²) in [6, 6.07) is 27.1. The Kier molecular flexibility index (Phi) is 5.07. The maximum Gasteiger partial charge on any atom is 0.119 e. The van der Waals surface area contributed by atoms with Crippen LogP contribution in [-0.2, 0) is 6.42 Å². The van der Waals surface area contributed by atoms with E-state index in [1.807, 2.05) is 30.3 Å². The number of hydrogen-bond donors (Lipinski definition) is 1. The number of ether oxygens (including phenoxy) is 1. The molecular weight excluding hydrogens is 284 g/mol. The highest BCUT2D eigenvalue weighted by molar-refractivity contribution is 5.64. The molecule has 0 unspecified atom stereocenters. The molecule has 0 radical (unpaired) electrons. The second-order valence-electron chi connectivity index (χ2n) is 5.46. The second kappa shape index (κ2) is 7.61. The van der Waals surface area contributed by atoms with E-state index < -0.39 is 0 Å². The summed E-state index contributed by atoms with van der Waals surface area (Å²) in [5.41, 5.74) is 4.98. The van der Waals surface area contributed by atoms with Crippen molar-refractivity contribution in [1.82, 2.24) is 0 Å². The van der Waals surface area contributed by atoms with E-state index in [0.29, 0.717) is 6.61 Å². The lowest BCUT2D eigenvalue weighted by atomic mass is 10.0. The molecule has 0 aliphatic carbocycles. The van der Waals surface area contributed by atoms with Crippen LogP contribution in [0.1, 0.15) is 11.1 Å². The van der Waals surface area contributed by atoms with Crippen LogP contribution in [0.4, 0.5) is 0 Å². The summed E-state index contributed by atoms with van der Waals surface area (Å²) >= 11 is 0. The second-order valence-corrected chi connectivity index (χ2v) is 5.46. The van der Waals surface area contributed by atoms with Gasteiger partial charge in [-0.2, -0.15) is 0 Å². The molecule has 0 amide bonds. The summed E-state index contributed by atoms with van der Waals surface area (Å²) in [5, 5.41) is 8.77. The molecule has 0 aliphatic rings. The Morgan fingerprint density at radius 1 is 0.652 bits per heavy atom. The number of rotatable bonds is 6. The Morgan fingerprint density at radius 3 is 1.83 bits per heavy atom. The van der Waals surface area contributed by atoms with Gasteiger partial charge in [-0.3, -0.25) is 0 Å². The first kappa shape index (κ1) is 15.3. The Morgan fingerprint density at radius 2 is 1.22 bits per heavy atom. The van der Waals surface area contributed by atoms with Gasteiger partial charge in [-0.1, -0.05) is 66.7 Å². The molecule has 0 aliphatic heterocycles. The van der Waals surface area contributed by atoms with Gasteiger partial charge in [-0.25, -0.2) is 0 Å². The van der Waals surface area contributed by atoms with Crippen molar-refractivity contribution >= 4 is 0 Å². The fraction of sp³-hybridized carbons (Fsp3) is 0.143. The van der Waals surface area contributed by atoms with Gasteiger partial charge in [0.1, 0.15) is 12.4 Å². The first-order valence-electron chi connectivity index (χ1n) is 7.82. The fourth-order valence-electron chi connectivity index (χ4n) is 2.55. The average Bonchev–Trinajstić information content (AvgIpc) is 2.62. The monoisotopic (exact) mass is 304 g/mol. The third-order valence-electron chi connectivity index (χ3n) is 3.75. The van der Waals surface area contributed by atoms with Crippen molar-refractivity contribution < 1.29 is 9.84 Å². The standard InChI is InChI=1S/C21H20O2/c22-14-15-23-21-12-10-20(11-13-21)19-8-6-18(7-9-19)16-17-4-2-1-3-5-17/h1-13,22H,14-16H2. The third-order valence-corrected chi connectivity index (χ3v) is 3.75. The summed E-state index contributed by atoms with van der Waals surface area (Å²) < 4.78 is 5.38. The highest BCUT2D eigenvalue weighted by Crippen LogP contribution is 2.23. The van der Waals surface area contributed by atoms with Gasteiger partial charge in [-0.05, 0) is 40.8 Å². The summed E-state index contributed by atoms with van der Waals surface area (Å²) in [6.45, 7) is 0.359. The molecule has 2 nitrogen and oxygen atoms in total. The molecule has 3 aromatic carbocycles. The third kappa shape index (κ3) is 4.21. The lowest BCUT2D eigenvalue weighted by Crippen LogP contribution is -2.01. The molecule has 0 saturated heterocycles. The minimum atomic E-state index is 0.0324. The molecule has 0 atom stereocenters. The zero-order valence-electron chi connectivity index (χ0n) is 13.0. The summed E-state index contributed by atoms with van der Waals surface area (Å²) in [7, 11) is 0.